The molecule has 0 bridgehead atoms. The maximum atomic E-state index is 12.3. The summed E-state index contributed by atoms with van der Waals surface area (Å²) in [6, 6.07) is 8.76. The fourth-order valence-corrected chi connectivity index (χ4v) is 2.77. The average molecular weight is 391 g/mol. The first-order chi connectivity index (χ1) is 13.0. The smallest absolute Gasteiger partial charge is 0.328 e. The highest BCUT2D eigenvalue weighted by Crippen LogP contribution is 2.21. The molecule has 0 aliphatic carbocycles. The van der Waals surface area contributed by atoms with Gasteiger partial charge in [0.25, 0.3) is 5.91 Å². The minimum atomic E-state index is -0.803. The maximum Gasteiger partial charge on any atom is 0.328 e. The van der Waals surface area contributed by atoms with Crippen molar-refractivity contribution in [2.75, 3.05) is 6.61 Å². The van der Waals surface area contributed by atoms with Gasteiger partial charge in [-0.1, -0.05) is 65.0 Å². The standard InChI is InChI=1S/C22H34N2O4/c1-15(2)12-18(17-10-8-7-9-11-17)24-20(26)14-28-21(27)16(3)23-19(25)13-22(4,5)6/h7-11,15-16,18H,12-14H2,1-6H3,(H,23,25)(H,24,26). The third kappa shape index (κ3) is 9.53. The number of benzene rings is 1. The number of nitrogens with one attached hydrogen (secondary N) is 2. The molecule has 2 N–H and O–H groups in total. The average Bonchev–Trinajstić information content (AvgIpc) is 2.57. The van der Waals surface area contributed by atoms with Gasteiger partial charge in [-0.05, 0) is 30.2 Å². The third-order valence-electron chi connectivity index (χ3n) is 4.01. The lowest BCUT2D eigenvalue weighted by molar-refractivity contribution is -0.151. The molecule has 0 saturated heterocycles. The van der Waals surface area contributed by atoms with Crippen LogP contribution in [0.1, 0.15) is 66.0 Å². The number of hydrogen-bond donors (Lipinski definition) is 2. The number of ether oxygens (including phenoxy) is 1. The topological polar surface area (TPSA) is 84.5 Å². The van der Waals surface area contributed by atoms with Crippen molar-refractivity contribution in [3.8, 4) is 0 Å². The minimum Gasteiger partial charge on any atom is -0.454 e. The van der Waals surface area contributed by atoms with Crippen molar-refractivity contribution >= 4 is 17.8 Å². The highest BCUT2D eigenvalue weighted by Gasteiger charge is 2.22. The molecule has 0 spiro atoms. The van der Waals surface area contributed by atoms with E-state index >= 15 is 0 Å². The molecule has 6 heteroatoms. The first kappa shape index (κ1) is 23.7. The Morgan fingerprint density at radius 3 is 2.11 bits per heavy atom. The largest absolute Gasteiger partial charge is 0.454 e. The zero-order chi connectivity index (χ0) is 21.3. The molecule has 2 unspecified atom stereocenters. The van der Waals surface area contributed by atoms with Gasteiger partial charge in [-0.15, -0.1) is 0 Å². The molecule has 0 saturated carbocycles. The molecule has 1 aromatic rings. The molecule has 2 amide bonds. The van der Waals surface area contributed by atoms with Crippen LogP contribution in [0.4, 0.5) is 0 Å². The SMILES string of the molecule is CC(C)CC(NC(=O)COC(=O)C(C)NC(=O)CC(C)(C)C)c1ccccc1. The number of esters is 1. The number of carbonyl (C=O) groups is 3. The zero-order valence-electron chi connectivity index (χ0n) is 17.9. The molecule has 0 aromatic heterocycles. The van der Waals surface area contributed by atoms with E-state index in [0.29, 0.717) is 12.3 Å². The summed E-state index contributed by atoms with van der Waals surface area (Å²) in [5.74, 6) is -0.817. The van der Waals surface area contributed by atoms with Crippen LogP contribution < -0.4 is 10.6 Å². The number of amides is 2. The Bertz CT molecular complexity index is 650. The molecule has 0 radical (unpaired) electrons. The molecular formula is C22H34N2O4. The monoisotopic (exact) mass is 390 g/mol. The van der Waals surface area contributed by atoms with Crippen LogP contribution in [0.3, 0.4) is 0 Å². The van der Waals surface area contributed by atoms with E-state index in [9.17, 15) is 14.4 Å². The van der Waals surface area contributed by atoms with Crippen molar-refractivity contribution in [1.82, 2.24) is 10.6 Å². The Balaban J connectivity index is 2.52. The quantitative estimate of drug-likeness (QED) is 0.633. The molecule has 1 rings (SSSR count). The van der Waals surface area contributed by atoms with Gasteiger partial charge in [0.2, 0.25) is 5.91 Å². The van der Waals surface area contributed by atoms with Gasteiger partial charge in [-0.3, -0.25) is 9.59 Å². The normalized spacial score (nSPS) is 13.5. The summed E-state index contributed by atoms with van der Waals surface area (Å²) < 4.78 is 5.07. The third-order valence-corrected chi connectivity index (χ3v) is 4.01. The Hall–Kier alpha value is -2.37. The van der Waals surface area contributed by atoms with Gasteiger partial charge in [-0.25, -0.2) is 4.79 Å². The summed E-state index contributed by atoms with van der Waals surface area (Å²) >= 11 is 0. The van der Waals surface area contributed by atoms with E-state index in [-0.39, 0.29) is 29.9 Å². The lowest BCUT2D eigenvalue weighted by Crippen LogP contribution is -2.42. The second-order valence-electron chi connectivity index (χ2n) is 8.79. The molecule has 156 valence electrons. The second-order valence-corrected chi connectivity index (χ2v) is 8.79. The van der Waals surface area contributed by atoms with Crippen LogP contribution >= 0.6 is 0 Å². The zero-order valence-corrected chi connectivity index (χ0v) is 17.9. The van der Waals surface area contributed by atoms with Crippen molar-refractivity contribution < 1.29 is 19.1 Å². The van der Waals surface area contributed by atoms with Crippen molar-refractivity contribution in [2.24, 2.45) is 11.3 Å². The van der Waals surface area contributed by atoms with Crippen LogP contribution in [0.2, 0.25) is 0 Å². The summed E-state index contributed by atoms with van der Waals surface area (Å²) in [6.07, 6.45) is 1.09. The van der Waals surface area contributed by atoms with Crippen LogP contribution in [-0.2, 0) is 19.1 Å². The molecule has 0 fully saturated rings. The molecule has 0 heterocycles. The minimum absolute atomic E-state index is 0.142. The van der Waals surface area contributed by atoms with Gasteiger partial charge in [0, 0.05) is 6.42 Å². The predicted octanol–water partition coefficient (Wildman–Crippen LogP) is 3.37. The highest BCUT2D eigenvalue weighted by molar-refractivity contribution is 5.86. The lowest BCUT2D eigenvalue weighted by atomic mass is 9.92. The Labute approximate surface area is 168 Å². The summed E-state index contributed by atoms with van der Waals surface area (Å²) in [4.78, 5) is 36.3. The maximum absolute atomic E-state index is 12.3. The van der Waals surface area contributed by atoms with E-state index in [1.807, 2.05) is 51.1 Å². The Kier molecular flexibility index (Phi) is 9.16. The number of rotatable bonds is 9. The highest BCUT2D eigenvalue weighted by atomic mass is 16.5. The van der Waals surface area contributed by atoms with Crippen molar-refractivity contribution in [3.05, 3.63) is 35.9 Å². The van der Waals surface area contributed by atoms with E-state index in [0.717, 1.165) is 12.0 Å². The number of carbonyl (C=O) groups excluding carboxylic acids is 3. The summed E-state index contributed by atoms with van der Waals surface area (Å²) in [7, 11) is 0. The van der Waals surface area contributed by atoms with Crippen LogP contribution in [0, 0.1) is 11.3 Å². The van der Waals surface area contributed by atoms with E-state index in [1.165, 1.54) is 0 Å². The van der Waals surface area contributed by atoms with Gasteiger partial charge in [0.1, 0.15) is 6.04 Å². The predicted molar refractivity (Wildman–Crippen MR) is 109 cm³/mol. The molecule has 6 nitrogen and oxygen atoms in total. The van der Waals surface area contributed by atoms with Gasteiger partial charge in [0.15, 0.2) is 6.61 Å². The Morgan fingerprint density at radius 2 is 1.57 bits per heavy atom. The van der Waals surface area contributed by atoms with E-state index in [2.05, 4.69) is 24.5 Å². The molecular weight excluding hydrogens is 356 g/mol. The van der Waals surface area contributed by atoms with Gasteiger partial charge in [0.05, 0.1) is 6.04 Å². The van der Waals surface area contributed by atoms with Crippen LogP contribution in [-0.4, -0.2) is 30.4 Å². The molecule has 0 aliphatic rings. The van der Waals surface area contributed by atoms with Crippen LogP contribution in [0.15, 0.2) is 30.3 Å². The molecule has 28 heavy (non-hydrogen) atoms. The fraction of sp³-hybridized carbons (Fsp3) is 0.591. The van der Waals surface area contributed by atoms with Gasteiger partial charge >= 0.3 is 5.97 Å². The Morgan fingerprint density at radius 1 is 0.964 bits per heavy atom. The van der Waals surface area contributed by atoms with E-state index in [4.69, 9.17) is 4.74 Å². The van der Waals surface area contributed by atoms with Crippen molar-refractivity contribution in [1.29, 1.82) is 0 Å². The van der Waals surface area contributed by atoms with E-state index in [1.54, 1.807) is 6.92 Å². The molecule has 0 aliphatic heterocycles. The molecule has 2 atom stereocenters. The summed E-state index contributed by atoms with van der Waals surface area (Å²) in [5, 5.41) is 5.53. The van der Waals surface area contributed by atoms with Crippen molar-refractivity contribution in [2.45, 2.75) is 66.5 Å². The van der Waals surface area contributed by atoms with Gasteiger partial charge < -0.3 is 15.4 Å². The first-order valence-electron chi connectivity index (χ1n) is 9.78. The summed E-state index contributed by atoms with van der Waals surface area (Å²) in [6.45, 7) is 11.2. The van der Waals surface area contributed by atoms with Crippen LogP contribution in [0.25, 0.3) is 0 Å². The van der Waals surface area contributed by atoms with Gasteiger partial charge in [-0.2, -0.15) is 0 Å². The van der Waals surface area contributed by atoms with Crippen LogP contribution in [0.5, 0.6) is 0 Å². The van der Waals surface area contributed by atoms with E-state index < -0.39 is 12.0 Å². The van der Waals surface area contributed by atoms with Crippen molar-refractivity contribution in [3.63, 3.8) is 0 Å². The second kappa shape index (κ2) is 10.8. The number of hydrogen-bond acceptors (Lipinski definition) is 4. The fourth-order valence-electron chi connectivity index (χ4n) is 2.77. The summed E-state index contributed by atoms with van der Waals surface area (Å²) in [5.41, 5.74) is 0.842. The molecule has 1 aromatic carbocycles. The lowest BCUT2D eigenvalue weighted by Gasteiger charge is -2.22. The first-order valence-corrected chi connectivity index (χ1v) is 9.78.